The van der Waals surface area contributed by atoms with Crippen molar-refractivity contribution in [2.45, 2.75) is 58.5 Å². The number of benzene rings is 2. The van der Waals surface area contributed by atoms with Crippen LogP contribution in [0.5, 0.6) is 11.5 Å². The zero-order valence-electron chi connectivity index (χ0n) is 22.6. The number of carbonyl (C=O) groups is 1. The Labute approximate surface area is 224 Å². The average Bonchev–Trinajstić information content (AvgIpc) is 3.41. The van der Waals surface area contributed by atoms with Gasteiger partial charge in [0.15, 0.2) is 0 Å². The molecule has 0 aliphatic heterocycles. The molecule has 206 valence electrons. The van der Waals surface area contributed by atoms with Crippen molar-refractivity contribution in [1.82, 2.24) is 10.4 Å². The van der Waals surface area contributed by atoms with E-state index in [1.807, 2.05) is 75.4 Å². The van der Waals surface area contributed by atoms with Crippen LogP contribution in [0.25, 0.3) is 0 Å². The van der Waals surface area contributed by atoms with Crippen molar-refractivity contribution in [2.75, 3.05) is 13.7 Å². The fourth-order valence-corrected chi connectivity index (χ4v) is 3.75. The number of rotatable bonds is 13. The summed E-state index contributed by atoms with van der Waals surface area (Å²) in [5.74, 6) is 1.14. The lowest BCUT2D eigenvalue weighted by Crippen LogP contribution is -2.56. The molecule has 0 aliphatic rings. The highest BCUT2D eigenvalue weighted by atomic mass is 16.5. The SMILES string of the molecule is COc1ccc(CC(N)C(O)CN(Cc2ccc(OCc3ccoc3)cc2)NC(=O)C(N)C(C)(C)C)cc1. The highest BCUT2D eigenvalue weighted by Crippen LogP contribution is 2.19. The summed E-state index contributed by atoms with van der Waals surface area (Å²) in [5.41, 5.74) is 17.8. The second-order valence-corrected chi connectivity index (χ2v) is 10.5. The van der Waals surface area contributed by atoms with E-state index in [1.54, 1.807) is 24.6 Å². The molecule has 3 unspecified atom stereocenters. The van der Waals surface area contributed by atoms with Crippen LogP contribution < -0.4 is 26.4 Å². The fraction of sp³-hybridized carbons (Fsp3) is 0.414. The number of methoxy groups -OCH3 is 1. The zero-order chi connectivity index (χ0) is 27.7. The van der Waals surface area contributed by atoms with Gasteiger partial charge in [-0.2, -0.15) is 0 Å². The number of hydrogen-bond acceptors (Lipinski definition) is 8. The van der Waals surface area contributed by atoms with E-state index in [0.717, 1.165) is 22.4 Å². The summed E-state index contributed by atoms with van der Waals surface area (Å²) in [6.45, 7) is 6.59. The molecule has 0 saturated carbocycles. The van der Waals surface area contributed by atoms with Gasteiger partial charge >= 0.3 is 0 Å². The molecule has 0 fully saturated rings. The molecular formula is C29H40N4O5. The Morgan fingerprint density at radius 1 is 1.00 bits per heavy atom. The number of nitrogens with one attached hydrogen (secondary N) is 1. The summed E-state index contributed by atoms with van der Waals surface area (Å²) >= 11 is 0. The number of aliphatic hydroxyl groups excluding tert-OH is 1. The molecule has 9 heteroatoms. The van der Waals surface area contributed by atoms with Crippen molar-refractivity contribution in [3.63, 3.8) is 0 Å². The van der Waals surface area contributed by atoms with Gasteiger partial charge in [0.2, 0.25) is 0 Å². The molecule has 6 N–H and O–H groups in total. The monoisotopic (exact) mass is 524 g/mol. The quantitative estimate of drug-likeness (QED) is 0.251. The second kappa shape index (κ2) is 13.4. The Kier molecular flexibility index (Phi) is 10.3. The number of amides is 1. The predicted octanol–water partition coefficient (Wildman–Crippen LogP) is 3.00. The van der Waals surface area contributed by atoms with Gasteiger partial charge in [-0.05, 0) is 53.3 Å². The number of hydrazine groups is 1. The van der Waals surface area contributed by atoms with Crippen LogP contribution >= 0.6 is 0 Å². The minimum atomic E-state index is -0.902. The summed E-state index contributed by atoms with van der Waals surface area (Å²) in [6.07, 6.45) is 2.81. The predicted molar refractivity (Wildman–Crippen MR) is 146 cm³/mol. The van der Waals surface area contributed by atoms with Gasteiger partial charge in [0, 0.05) is 24.7 Å². The molecule has 1 heterocycles. The molecule has 1 amide bonds. The molecule has 0 saturated heterocycles. The largest absolute Gasteiger partial charge is 0.497 e. The van der Waals surface area contributed by atoms with Gasteiger partial charge in [-0.3, -0.25) is 10.2 Å². The maximum Gasteiger partial charge on any atom is 0.251 e. The number of furan rings is 1. The Bertz CT molecular complexity index is 1110. The molecule has 0 bridgehead atoms. The normalized spacial score (nSPS) is 14.1. The van der Waals surface area contributed by atoms with Crippen molar-refractivity contribution in [3.8, 4) is 11.5 Å². The first kappa shape index (κ1) is 29.2. The van der Waals surface area contributed by atoms with Gasteiger partial charge in [-0.25, -0.2) is 5.01 Å². The standard InChI is InChI=1S/C29H40N4O5/c1-29(2,3)27(31)28(35)32-33(17-26(34)25(30)15-20-5-9-23(36-4)10-6-20)16-21-7-11-24(12-8-21)38-19-22-13-14-37-18-22/h5-14,18,25-27,34H,15-17,19,30-31H2,1-4H3,(H,32,35). The molecular weight excluding hydrogens is 484 g/mol. The molecule has 1 aromatic heterocycles. The molecule has 3 rings (SSSR count). The Hall–Kier alpha value is -3.37. The van der Waals surface area contributed by atoms with E-state index in [9.17, 15) is 9.90 Å². The molecule has 0 aliphatic carbocycles. The zero-order valence-corrected chi connectivity index (χ0v) is 22.6. The van der Waals surface area contributed by atoms with Gasteiger partial charge in [-0.15, -0.1) is 0 Å². The van der Waals surface area contributed by atoms with Gasteiger partial charge in [-0.1, -0.05) is 45.0 Å². The van der Waals surface area contributed by atoms with Gasteiger partial charge in [0.05, 0.1) is 31.8 Å². The third-order valence-electron chi connectivity index (χ3n) is 6.30. The highest BCUT2D eigenvalue weighted by molar-refractivity contribution is 5.81. The molecule has 2 aromatic carbocycles. The fourth-order valence-electron chi connectivity index (χ4n) is 3.75. The molecule has 0 radical (unpaired) electrons. The van der Waals surface area contributed by atoms with Crippen molar-refractivity contribution < 1.29 is 23.8 Å². The lowest BCUT2D eigenvalue weighted by atomic mass is 9.87. The van der Waals surface area contributed by atoms with E-state index in [2.05, 4.69) is 5.43 Å². The van der Waals surface area contributed by atoms with Crippen LogP contribution in [0.1, 0.15) is 37.5 Å². The second-order valence-electron chi connectivity index (χ2n) is 10.5. The lowest BCUT2D eigenvalue weighted by Gasteiger charge is -2.32. The number of nitrogens with two attached hydrogens (primary N) is 2. The van der Waals surface area contributed by atoms with Crippen LogP contribution in [-0.4, -0.2) is 47.9 Å². The minimum absolute atomic E-state index is 0.124. The number of nitrogens with zero attached hydrogens (tertiary/aromatic N) is 1. The van der Waals surface area contributed by atoms with Crippen molar-refractivity contribution in [2.24, 2.45) is 16.9 Å². The van der Waals surface area contributed by atoms with Crippen molar-refractivity contribution in [1.29, 1.82) is 0 Å². The first-order chi connectivity index (χ1) is 18.0. The van der Waals surface area contributed by atoms with Gasteiger partial charge in [0.1, 0.15) is 18.1 Å². The van der Waals surface area contributed by atoms with E-state index in [-0.39, 0.29) is 12.5 Å². The summed E-state index contributed by atoms with van der Waals surface area (Å²) < 4.78 is 16.0. The Balaban J connectivity index is 1.65. The van der Waals surface area contributed by atoms with Crippen molar-refractivity contribution >= 4 is 5.91 Å². The van der Waals surface area contributed by atoms with Crippen molar-refractivity contribution in [3.05, 3.63) is 83.8 Å². The number of ether oxygens (including phenoxy) is 2. The Morgan fingerprint density at radius 3 is 2.21 bits per heavy atom. The minimum Gasteiger partial charge on any atom is -0.497 e. The maximum atomic E-state index is 12.9. The molecule has 3 atom stereocenters. The smallest absolute Gasteiger partial charge is 0.251 e. The van der Waals surface area contributed by atoms with Crippen LogP contribution in [0.3, 0.4) is 0 Å². The highest BCUT2D eigenvalue weighted by Gasteiger charge is 2.29. The molecule has 9 nitrogen and oxygen atoms in total. The number of aliphatic hydroxyl groups is 1. The third kappa shape index (κ3) is 8.88. The van der Waals surface area contributed by atoms with E-state index < -0.39 is 23.6 Å². The molecule has 3 aromatic rings. The maximum absolute atomic E-state index is 12.9. The molecule has 38 heavy (non-hydrogen) atoms. The van der Waals surface area contributed by atoms with Gasteiger partial charge < -0.3 is 30.5 Å². The topological polar surface area (TPSA) is 136 Å². The third-order valence-corrected chi connectivity index (χ3v) is 6.30. The summed E-state index contributed by atoms with van der Waals surface area (Å²) in [4.78, 5) is 12.9. The first-order valence-electron chi connectivity index (χ1n) is 12.7. The summed E-state index contributed by atoms with van der Waals surface area (Å²) in [5, 5.41) is 12.6. The number of carbonyl (C=O) groups excluding carboxylic acids is 1. The average molecular weight is 525 g/mol. The van der Waals surface area contributed by atoms with Crippen LogP contribution in [0, 0.1) is 5.41 Å². The summed E-state index contributed by atoms with van der Waals surface area (Å²) in [7, 11) is 1.61. The Morgan fingerprint density at radius 2 is 1.63 bits per heavy atom. The number of hydrogen-bond donors (Lipinski definition) is 4. The van der Waals surface area contributed by atoms with Crippen LogP contribution in [0.2, 0.25) is 0 Å². The van der Waals surface area contributed by atoms with Crippen LogP contribution in [0.15, 0.2) is 71.5 Å². The molecule has 0 spiro atoms. The van der Waals surface area contributed by atoms with Gasteiger partial charge in [0.25, 0.3) is 5.91 Å². The lowest BCUT2D eigenvalue weighted by molar-refractivity contribution is -0.130. The van der Waals surface area contributed by atoms with E-state index in [0.29, 0.717) is 25.3 Å². The van der Waals surface area contributed by atoms with E-state index >= 15 is 0 Å². The van der Waals surface area contributed by atoms with Crippen LogP contribution in [0.4, 0.5) is 0 Å². The van der Waals surface area contributed by atoms with E-state index in [4.69, 9.17) is 25.4 Å². The summed E-state index contributed by atoms with van der Waals surface area (Å²) in [6, 6.07) is 15.7. The first-order valence-corrected chi connectivity index (χ1v) is 12.7. The van der Waals surface area contributed by atoms with Crippen LogP contribution in [-0.2, 0) is 24.4 Å². The van der Waals surface area contributed by atoms with E-state index in [1.165, 1.54) is 0 Å².